The quantitative estimate of drug-likeness (QED) is 0.427. The van der Waals surface area contributed by atoms with Gasteiger partial charge in [0.25, 0.3) is 11.8 Å². The van der Waals surface area contributed by atoms with Crippen LogP contribution in [0.15, 0.2) is 41.3 Å². The minimum absolute atomic E-state index is 0.0564. The van der Waals surface area contributed by atoms with E-state index in [9.17, 15) is 26.8 Å². The number of hydrogen-bond acceptors (Lipinski definition) is 5. The third-order valence-corrected chi connectivity index (χ3v) is 8.66. The zero-order valence-electron chi connectivity index (χ0n) is 20.8. The van der Waals surface area contributed by atoms with Crippen molar-refractivity contribution in [2.45, 2.75) is 37.0 Å². The average Bonchev–Trinajstić information content (AvgIpc) is 3.51. The van der Waals surface area contributed by atoms with Crippen molar-refractivity contribution in [2.24, 2.45) is 5.73 Å². The number of halogens is 2. The van der Waals surface area contributed by atoms with Gasteiger partial charge in [0.2, 0.25) is 0 Å². The minimum Gasteiger partial charge on any atom is -0.358 e. The van der Waals surface area contributed by atoms with Crippen LogP contribution in [0.4, 0.5) is 14.5 Å². The molecule has 3 heterocycles. The summed E-state index contributed by atoms with van der Waals surface area (Å²) >= 11 is 0. The van der Waals surface area contributed by atoms with Gasteiger partial charge in [-0.05, 0) is 62.2 Å². The first-order chi connectivity index (χ1) is 18.0. The molecule has 0 saturated carbocycles. The second-order valence-electron chi connectivity index (χ2n) is 9.64. The van der Waals surface area contributed by atoms with E-state index in [2.05, 4.69) is 10.3 Å². The summed E-state index contributed by atoms with van der Waals surface area (Å²) in [5.41, 5.74) is 8.67. The molecule has 0 bridgehead atoms. The van der Waals surface area contributed by atoms with Crippen LogP contribution in [0.3, 0.4) is 0 Å². The van der Waals surface area contributed by atoms with Crippen LogP contribution in [0.1, 0.15) is 44.9 Å². The van der Waals surface area contributed by atoms with E-state index in [0.717, 1.165) is 24.6 Å². The van der Waals surface area contributed by atoms with Crippen molar-refractivity contribution in [2.75, 3.05) is 18.4 Å². The Hall–Kier alpha value is -3.83. The van der Waals surface area contributed by atoms with Crippen LogP contribution in [0, 0.1) is 25.5 Å². The SMILES string of the molecule is Cc1[nH]c(/C=C2\C(=O)Nc3ccc(S(=O)(=O)Cc4c(F)cccc4F)cc32)c(C)c1C(=O)N1CC[C@@H](N)C1. The summed E-state index contributed by atoms with van der Waals surface area (Å²) in [5.74, 6) is -3.36. The Kier molecular flexibility index (Phi) is 6.44. The fourth-order valence-electron chi connectivity index (χ4n) is 4.96. The van der Waals surface area contributed by atoms with Gasteiger partial charge in [-0.1, -0.05) is 6.07 Å². The number of nitrogens with one attached hydrogen (secondary N) is 2. The third-order valence-electron chi connectivity index (χ3n) is 7.02. The number of amides is 2. The van der Waals surface area contributed by atoms with E-state index in [-0.39, 0.29) is 22.4 Å². The van der Waals surface area contributed by atoms with Gasteiger partial charge in [-0.15, -0.1) is 0 Å². The van der Waals surface area contributed by atoms with Crippen molar-refractivity contribution in [3.05, 3.63) is 81.7 Å². The van der Waals surface area contributed by atoms with Crippen molar-refractivity contribution >= 4 is 39.0 Å². The van der Waals surface area contributed by atoms with Gasteiger partial charge in [-0.2, -0.15) is 0 Å². The molecular formula is C27H26F2N4O4S. The molecule has 198 valence electrons. The lowest BCUT2D eigenvalue weighted by Gasteiger charge is -2.16. The summed E-state index contributed by atoms with van der Waals surface area (Å²) in [6.07, 6.45) is 2.31. The van der Waals surface area contributed by atoms with Crippen molar-refractivity contribution in [3.63, 3.8) is 0 Å². The molecule has 8 nitrogen and oxygen atoms in total. The van der Waals surface area contributed by atoms with Gasteiger partial charge in [0, 0.05) is 47.3 Å². The normalized spacial score (nSPS) is 18.2. The Bertz CT molecular complexity index is 1610. The highest BCUT2D eigenvalue weighted by Gasteiger charge is 2.31. The second-order valence-corrected chi connectivity index (χ2v) is 11.6. The predicted molar refractivity (Wildman–Crippen MR) is 139 cm³/mol. The molecule has 1 saturated heterocycles. The van der Waals surface area contributed by atoms with Crippen LogP contribution in [-0.4, -0.2) is 49.2 Å². The molecule has 38 heavy (non-hydrogen) atoms. The zero-order chi connectivity index (χ0) is 27.4. The summed E-state index contributed by atoms with van der Waals surface area (Å²) in [5, 5.41) is 2.70. The van der Waals surface area contributed by atoms with E-state index in [4.69, 9.17) is 5.73 Å². The number of aromatic amines is 1. The molecule has 3 aromatic rings. The highest BCUT2D eigenvalue weighted by Crippen LogP contribution is 2.36. The maximum absolute atomic E-state index is 14.1. The van der Waals surface area contributed by atoms with E-state index in [0.29, 0.717) is 46.9 Å². The molecule has 2 amide bonds. The fraction of sp³-hybridized carbons (Fsp3) is 0.259. The number of fused-ring (bicyclic) bond motifs is 1. The van der Waals surface area contributed by atoms with Crippen molar-refractivity contribution in [1.29, 1.82) is 0 Å². The predicted octanol–water partition coefficient (Wildman–Crippen LogP) is 3.55. The fourth-order valence-corrected chi connectivity index (χ4v) is 6.36. The second kappa shape index (κ2) is 9.48. The summed E-state index contributed by atoms with van der Waals surface area (Å²) in [6.45, 7) is 4.59. The number of nitrogens with two attached hydrogens (primary N) is 1. The number of rotatable bonds is 5. The van der Waals surface area contributed by atoms with Gasteiger partial charge in [0.05, 0.1) is 21.8 Å². The summed E-state index contributed by atoms with van der Waals surface area (Å²) in [7, 11) is -4.14. The van der Waals surface area contributed by atoms with Crippen LogP contribution in [0.25, 0.3) is 11.6 Å². The Morgan fingerprint density at radius 2 is 1.89 bits per heavy atom. The molecule has 2 aliphatic rings. The number of hydrogen-bond donors (Lipinski definition) is 3. The van der Waals surface area contributed by atoms with Crippen molar-refractivity contribution in [1.82, 2.24) is 9.88 Å². The lowest BCUT2D eigenvalue weighted by Crippen LogP contribution is -2.32. The molecule has 1 atom stereocenters. The van der Waals surface area contributed by atoms with Gasteiger partial charge in [0.1, 0.15) is 11.6 Å². The molecule has 2 aliphatic heterocycles. The van der Waals surface area contributed by atoms with Gasteiger partial charge in [-0.25, -0.2) is 17.2 Å². The molecule has 11 heteroatoms. The first-order valence-corrected chi connectivity index (χ1v) is 13.7. The Balaban J connectivity index is 1.50. The minimum atomic E-state index is -4.14. The molecule has 1 aromatic heterocycles. The first-order valence-electron chi connectivity index (χ1n) is 12.0. The molecule has 0 radical (unpaired) electrons. The number of aromatic nitrogens is 1. The molecule has 0 spiro atoms. The molecule has 5 rings (SSSR count). The molecule has 2 aromatic carbocycles. The molecule has 4 N–H and O–H groups in total. The Morgan fingerprint density at radius 1 is 1.18 bits per heavy atom. The van der Waals surface area contributed by atoms with Gasteiger partial charge < -0.3 is 20.9 Å². The monoisotopic (exact) mass is 540 g/mol. The Morgan fingerprint density at radius 3 is 2.55 bits per heavy atom. The number of likely N-dealkylation sites (tertiary alicyclic amines) is 1. The standard InChI is InChI=1S/C27H26F2N4O4S/c1-14-24(31-15(2)25(14)27(35)33-9-8-16(30)12-33)11-19-18-10-17(6-7-23(18)32-26(19)34)38(36,37)13-20-21(28)4-3-5-22(20)29/h3-7,10-11,16,31H,8-9,12-13,30H2,1-2H3,(H,32,34)/b19-11-/t16-/m1/s1. The molecular weight excluding hydrogens is 514 g/mol. The zero-order valence-corrected chi connectivity index (χ0v) is 21.6. The third kappa shape index (κ3) is 4.52. The highest BCUT2D eigenvalue weighted by atomic mass is 32.2. The number of aryl methyl sites for hydroxylation is 1. The maximum atomic E-state index is 14.1. The van der Waals surface area contributed by atoms with Crippen molar-refractivity contribution in [3.8, 4) is 0 Å². The lowest BCUT2D eigenvalue weighted by molar-refractivity contribution is -0.110. The van der Waals surface area contributed by atoms with Gasteiger partial charge in [-0.3, -0.25) is 9.59 Å². The molecule has 1 fully saturated rings. The topological polar surface area (TPSA) is 125 Å². The average molecular weight is 541 g/mol. The summed E-state index contributed by atoms with van der Waals surface area (Å²) in [4.78, 5) is 30.6. The number of nitrogens with zero attached hydrogens (tertiary/aromatic N) is 1. The molecule has 0 aliphatic carbocycles. The number of carbonyl (C=O) groups excluding carboxylic acids is 2. The molecule has 0 unspecified atom stereocenters. The smallest absolute Gasteiger partial charge is 0.256 e. The lowest BCUT2D eigenvalue weighted by atomic mass is 10.0. The number of sulfone groups is 1. The van der Waals surface area contributed by atoms with E-state index < -0.39 is 38.7 Å². The summed E-state index contributed by atoms with van der Waals surface area (Å²) < 4.78 is 54.4. The van der Waals surface area contributed by atoms with Crippen LogP contribution < -0.4 is 11.1 Å². The Labute approximate surface area is 218 Å². The van der Waals surface area contributed by atoms with Crippen molar-refractivity contribution < 1.29 is 26.8 Å². The van der Waals surface area contributed by atoms with Gasteiger partial charge >= 0.3 is 0 Å². The van der Waals surface area contributed by atoms with Crippen LogP contribution in [0.5, 0.6) is 0 Å². The maximum Gasteiger partial charge on any atom is 0.256 e. The largest absolute Gasteiger partial charge is 0.358 e. The highest BCUT2D eigenvalue weighted by molar-refractivity contribution is 7.90. The van der Waals surface area contributed by atoms with Crippen LogP contribution in [-0.2, 0) is 20.4 Å². The van der Waals surface area contributed by atoms with Crippen LogP contribution >= 0.6 is 0 Å². The van der Waals surface area contributed by atoms with Gasteiger partial charge in [0.15, 0.2) is 9.84 Å². The number of anilines is 1. The number of carbonyl (C=O) groups is 2. The first kappa shape index (κ1) is 25.8. The summed E-state index contributed by atoms with van der Waals surface area (Å²) in [6, 6.07) is 7.15. The van der Waals surface area contributed by atoms with E-state index >= 15 is 0 Å². The van der Waals surface area contributed by atoms with E-state index in [1.165, 1.54) is 18.2 Å². The number of benzene rings is 2. The van der Waals surface area contributed by atoms with Crippen LogP contribution in [0.2, 0.25) is 0 Å². The van der Waals surface area contributed by atoms with E-state index in [1.54, 1.807) is 24.8 Å². The number of H-pyrrole nitrogens is 1. The van der Waals surface area contributed by atoms with E-state index in [1.807, 2.05) is 0 Å².